The highest BCUT2D eigenvalue weighted by molar-refractivity contribution is 6.00. The monoisotopic (exact) mass is 384 g/mol. The number of nitrogens with one attached hydrogen (secondary N) is 1. The van der Waals surface area contributed by atoms with Crippen LogP contribution in [-0.4, -0.2) is 30.1 Å². The fraction of sp³-hybridized carbons (Fsp3) is 0.300. The second-order valence-corrected chi connectivity index (χ2v) is 6.33. The van der Waals surface area contributed by atoms with Crippen LogP contribution in [0, 0.1) is 22.5 Å². The molecule has 1 heterocycles. The van der Waals surface area contributed by atoms with Gasteiger partial charge >= 0.3 is 11.9 Å². The maximum atomic E-state index is 12.8. The number of hydrogen-bond donors (Lipinski definition) is 1. The van der Waals surface area contributed by atoms with Crippen molar-refractivity contribution in [1.82, 2.24) is 5.32 Å². The molecule has 1 N–H and O–H groups in total. The Labute approximate surface area is 162 Å². The first-order valence-electron chi connectivity index (χ1n) is 8.43. The molecule has 1 unspecified atom stereocenters. The van der Waals surface area contributed by atoms with Gasteiger partial charge in [-0.3, -0.25) is 10.1 Å². The second kappa shape index (κ2) is 8.39. The van der Waals surface area contributed by atoms with Crippen LogP contribution in [0.25, 0.3) is 0 Å². The topological polar surface area (TPSA) is 108 Å². The zero-order chi connectivity index (χ0) is 21.0. The van der Waals surface area contributed by atoms with Gasteiger partial charge in [0.2, 0.25) is 0 Å². The predicted molar refractivity (Wildman–Crippen MR) is 101 cm³/mol. The molecule has 0 saturated carbocycles. The minimum absolute atomic E-state index is 0.0164. The maximum absolute atomic E-state index is 12.8. The van der Waals surface area contributed by atoms with Crippen molar-refractivity contribution in [3.05, 3.63) is 62.5 Å². The van der Waals surface area contributed by atoms with Gasteiger partial charge in [-0.25, -0.2) is 9.59 Å². The van der Waals surface area contributed by atoms with Crippen LogP contribution in [0.3, 0.4) is 0 Å². The highest BCUT2D eigenvalue weighted by Gasteiger charge is 2.39. The summed E-state index contributed by atoms with van der Waals surface area (Å²) < 4.78 is 10.2. The van der Waals surface area contributed by atoms with Gasteiger partial charge in [-0.15, -0.1) is 6.42 Å². The van der Waals surface area contributed by atoms with Gasteiger partial charge in [0.25, 0.3) is 5.69 Å². The van der Waals surface area contributed by atoms with Crippen LogP contribution in [0.5, 0.6) is 0 Å². The third-order valence-electron chi connectivity index (χ3n) is 4.09. The minimum atomic E-state index is -0.981. The van der Waals surface area contributed by atoms with Crippen molar-refractivity contribution in [2.24, 2.45) is 0 Å². The summed E-state index contributed by atoms with van der Waals surface area (Å²) in [5, 5.41) is 14.1. The number of hydrogen-bond acceptors (Lipinski definition) is 7. The SMILES string of the molecule is C#CC1=C(C(=O)OC(C)C)C(c2cccc([N+](=O)[O-])c2)C(C(=O)OC)=C(C)N1. The summed E-state index contributed by atoms with van der Waals surface area (Å²) in [5.74, 6) is 0.0111. The number of dihydropyridines is 1. The van der Waals surface area contributed by atoms with E-state index in [0.717, 1.165) is 0 Å². The minimum Gasteiger partial charge on any atom is -0.466 e. The van der Waals surface area contributed by atoms with E-state index < -0.39 is 28.9 Å². The number of allylic oxidation sites excluding steroid dienone is 2. The van der Waals surface area contributed by atoms with Gasteiger partial charge in [-0.2, -0.15) is 0 Å². The van der Waals surface area contributed by atoms with Crippen molar-refractivity contribution in [2.75, 3.05) is 7.11 Å². The lowest BCUT2D eigenvalue weighted by Gasteiger charge is -2.30. The molecule has 1 aromatic rings. The van der Waals surface area contributed by atoms with Crippen LogP contribution < -0.4 is 5.32 Å². The molecule has 146 valence electrons. The Balaban J connectivity index is 2.77. The molecule has 1 aliphatic heterocycles. The molecule has 28 heavy (non-hydrogen) atoms. The number of nitrogens with zero attached hydrogens (tertiary/aromatic N) is 1. The summed E-state index contributed by atoms with van der Waals surface area (Å²) in [4.78, 5) is 36.0. The van der Waals surface area contributed by atoms with Crippen LogP contribution in [0.15, 0.2) is 46.8 Å². The molecule has 0 aromatic heterocycles. The fourth-order valence-corrected chi connectivity index (χ4v) is 2.97. The summed E-state index contributed by atoms with van der Waals surface area (Å²) in [5.41, 5.74) is 0.820. The smallest absolute Gasteiger partial charge is 0.338 e. The first-order chi connectivity index (χ1) is 13.2. The Morgan fingerprint density at radius 2 is 1.96 bits per heavy atom. The van der Waals surface area contributed by atoms with E-state index in [1.54, 1.807) is 26.8 Å². The van der Waals surface area contributed by atoms with Gasteiger partial charge in [0.1, 0.15) is 5.70 Å². The normalized spacial score (nSPS) is 16.4. The zero-order valence-corrected chi connectivity index (χ0v) is 15.9. The van der Waals surface area contributed by atoms with Crippen molar-refractivity contribution < 1.29 is 24.0 Å². The highest BCUT2D eigenvalue weighted by Crippen LogP contribution is 2.40. The molecule has 1 atom stereocenters. The molecule has 0 bridgehead atoms. The Morgan fingerprint density at radius 1 is 1.29 bits per heavy atom. The first-order valence-corrected chi connectivity index (χ1v) is 8.43. The maximum Gasteiger partial charge on any atom is 0.338 e. The van der Waals surface area contributed by atoms with Crippen LogP contribution in [0.2, 0.25) is 0 Å². The third kappa shape index (κ3) is 4.04. The van der Waals surface area contributed by atoms with E-state index in [1.165, 1.54) is 25.3 Å². The molecular formula is C20H20N2O6. The number of carbonyl (C=O) groups excluding carboxylic acids is 2. The fourth-order valence-electron chi connectivity index (χ4n) is 2.97. The van der Waals surface area contributed by atoms with Gasteiger partial charge in [-0.05, 0) is 26.3 Å². The van der Waals surface area contributed by atoms with Crippen LogP contribution >= 0.6 is 0 Å². The number of nitro benzene ring substituents is 1. The molecule has 0 saturated heterocycles. The molecular weight excluding hydrogens is 364 g/mol. The van der Waals surface area contributed by atoms with E-state index in [1.807, 2.05) is 0 Å². The van der Waals surface area contributed by atoms with Crippen LogP contribution in [0.1, 0.15) is 32.3 Å². The number of rotatable bonds is 5. The molecule has 0 amide bonds. The number of nitro groups is 1. The van der Waals surface area contributed by atoms with Gasteiger partial charge in [0, 0.05) is 17.8 Å². The van der Waals surface area contributed by atoms with Crippen molar-refractivity contribution in [1.29, 1.82) is 0 Å². The van der Waals surface area contributed by atoms with E-state index in [9.17, 15) is 19.7 Å². The first kappa shape index (κ1) is 20.7. The van der Waals surface area contributed by atoms with E-state index in [2.05, 4.69) is 11.2 Å². The number of carbonyl (C=O) groups is 2. The average Bonchev–Trinajstić information content (AvgIpc) is 2.65. The van der Waals surface area contributed by atoms with Crippen molar-refractivity contribution >= 4 is 17.6 Å². The van der Waals surface area contributed by atoms with Crippen molar-refractivity contribution in [3.63, 3.8) is 0 Å². The Kier molecular flexibility index (Phi) is 6.21. The molecule has 0 spiro atoms. The molecule has 8 heteroatoms. The van der Waals surface area contributed by atoms with Crippen molar-refractivity contribution in [2.45, 2.75) is 32.8 Å². The number of ether oxygens (including phenoxy) is 2. The number of esters is 2. The molecule has 8 nitrogen and oxygen atoms in total. The number of non-ortho nitro benzene ring substituents is 1. The third-order valence-corrected chi connectivity index (χ3v) is 4.09. The van der Waals surface area contributed by atoms with E-state index in [4.69, 9.17) is 15.9 Å². The molecule has 0 aliphatic carbocycles. The molecule has 0 fully saturated rings. The summed E-state index contributed by atoms with van der Waals surface area (Å²) in [6, 6.07) is 5.66. The molecule has 1 aromatic carbocycles. The van der Waals surface area contributed by atoms with Crippen molar-refractivity contribution in [3.8, 4) is 12.3 Å². The summed E-state index contributed by atoms with van der Waals surface area (Å²) in [6.45, 7) is 4.96. The molecule has 2 rings (SSSR count). The molecule has 1 aliphatic rings. The predicted octanol–water partition coefficient (Wildman–Crippen LogP) is 2.57. The Bertz CT molecular complexity index is 936. The average molecular weight is 384 g/mol. The number of terminal acetylenes is 1. The van der Waals surface area contributed by atoms with Crippen LogP contribution in [0.4, 0.5) is 5.69 Å². The van der Waals surface area contributed by atoms with Gasteiger partial charge < -0.3 is 14.8 Å². The lowest BCUT2D eigenvalue weighted by molar-refractivity contribution is -0.384. The van der Waals surface area contributed by atoms with E-state index in [-0.39, 0.29) is 22.5 Å². The summed E-state index contributed by atoms with van der Waals surface area (Å²) in [6.07, 6.45) is 5.14. The van der Waals surface area contributed by atoms with Crippen LogP contribution in [-0.2, 0) is 19.1 Å². The van der Waals surface area contributed by atoms with E-state index >= 15 is 0 Å². The standard InChI is InChI=1S/C20H20N2O6/c1-6-15-18(20(24)28-11(2)3)17(16(12(4)21-15)19(23)27-5)13-8-7-9-14(10-13)22(25)26/h1,7-11,17,21H,2-5H3. The lowest BCUT2D eigenvalue weighted by Crippen LogP contribution is -2.33. The Hall–Kier alpha value is -3.60. The summed E-state index contributed by atoms with van der Waals surface area (Å²) >= 11 is 0. The lowest BCUT2D eigenvalue weighted by atomic mass is 9.80. The van der Waals surface area contributed by atoms with Gasteiger partial charge in [-0.1, -0.05) is 18.1 Å². The van der Waals surface area contributed by atoms with Gasteiger partial charge in [0.05, 0.1) is 35.2 Å². The molecule has 0 radical (unpaired) electrons. The number of benzene rings is 1. The number of methoxy groups -OCH3 is 1. The van der Waals surface area contributed by atoms with E-state index in [0.29, 0.717) is 11.3 Å². The second-order valence-electron chi connectivity index (χ2n) is 6.33. The largest absolute Gasteiger partial charge is 0.466 e. The highest BCUT2D eigenvalue weighted by atomic mass is 16.6. The Morgan fingerprint density at radius 3 is 2.50 bits per heavy atom. The summed E-state index contributed by atoms with van der Waals surface area (Å²) in [7, 11) is 1.21. The van der Waals surface area contributed by atoms with Gasteiger partial charge in [0.15, 0.2) is 0 Å². The quantitative estimate of drug-likeness (QED) is 0.360. The zero-order valence-electron chi connectivity index (χ0n) is 15.9.